The number of nitrogens with zero attached hydrogens (tertiary/aromatic N) is 4. The number of aromatic nitrogens is 2. The van der Waals surface area contributed by atoms with E-state index in [9.17, 15) is 19.6 Å². The number of para-hydroxylation sites is 1. The molecule has 1 aliphatic carbocycles. The Labute approximate surface area is 207 Å². The molecule has 2 aromatic heterocycles. The minimum Gasteiger partial charge on any atom is -0.489 e. The molecule has 0 spiro atoms. The lowest BCUT2D eigenvalue weighted by molar-refractivity contribution is -0.134. The third-order valence-corrected chi connectivity index (χ3v) is 6.14. The fraction of sp³-hybridized carbons (Fsp3) is 0.320. The van der Waals surface area contributed by atoms with Crippen LogP contribution in [0, 0.1) is 10.8 Å². The number of aliphatic hydroxyl groups excluding tert-OH is 1. The van der Waals surface area contributed by atoms with Gasteiger partial charge in [-0.15, -0.1) is 0 Å². The Hall–Kier alpha value is -4.25. The first-order chi connectivity index (χ1) is 17.5. The van der Waals surface area contributed by atoms with Crippen molar-refractivity contribution >= 4 is 23.1 Å². The van der Waals surface area contributed by atoms with E-state index in [1.54, 1.807) is 19.3 Å². The first kappa shape index (κ1) is 24.9. The summed E-state index contributed by atoms with van der Waals surface area (Å²) in [4.78, 5) is 42.5. The van der Waals surface area contributed by atoms with Gasteiger partial charge in [-0.3, -0.25) is 19.2 Å². The molecule has 0 saturated carbocycles. The van der Waals surface area contributed by atoms with Crippen molar-refractivity contribution in [1.29, 1.82) is 0 Å². The lowest BCUT2D eigenvalue weighted by atomic mass is 9.85. The zero-order chi connectivity index (χ0) is 25.7. The van der Waals surface area contributed by atoms with Crippen LogP contribution in [0.15, 0.2) is 54.0 Å². The Morgan fingerprint density at radius 2 is 2.08 bits per heavy atom. The van der Waals surface area contributed by atoms with Gasteiger partial charge in [0.2, 0.25) is 5.91 Å². The highest BCUT2D eigenvalue weighted by Gasteiger charge is 2.38. The van der Waals surface area contributed by atoms with Crippen LogP contribution in [0.4, 0.5) is 11.4 Å². The molecule has 1 atom stereocenters. The van der Waals surface area contributed by atoms with Crippen LogP contribution in [0.3, 0.4) is 0 Å². The molecule has 1 amide bonds. The standard InChI is InChI=1S/C25H28N6O5/c1-30(10-9-28-35)25(34)16-13-19-22(20(33)14-16)23(29-17-5-3-2-4-6-17)24(31(19)26)18-7-8-27-15-21(18)36-12-11-32/h2-8,15-16,29,32H,9-14,26H2,1H3. The van der Waals surface area contributed by atoms with Crippen LogP contribution in [-0.4, -0.2) is 64.7 Å². The number of carbonyl (C=O) groups excluding carboxylic acids is 2. The molecule has 1 aromatic carbocycles. The molecule has 0 bridgehead atoms. The molecule has 1 unspecified atom stereocenters. The van der Waals surface area contributed by atoms with E-state index in [2.05, 4.69) is 15.5 Å². The maximum absolute atomic E-state index is 13.5. The van der Waals surface area contributed by atoms with Gasteiger partial charge < -0.3 is 25.9 Å². The number of nitrogens with two attached hydrogens (primary N) is 1. The summed E-state index contributed by atoms with van der Waals surface area (Å²) >= 11 is 0. The highest BCUT2D eigenvalue weighted by molar-refractivity contribution is 6.09. The highest BCUT2D eigenvalue weighted by Crippen LogP contribution is 2.44. The summed E-state index contributed by atoms with van der Waals surface area (Å²) in [5.74, 6) is 5.93. The average molecular weight is 493 g/mol. The second-order valence-electron chi connectivity index (χ2n) is 8.49. The molecule has 11 nitrogen and oxygen atoms in total. The topological polar surface area (TPSA) is 152 Å². The van der Waals surface area contributed by atoms with Crippen LogP contribution in [-0.2, 0) is 11.2 Å². The molecule has 11 heteroatoms. The molecular weight excluding hydrogens is 464 g/mol. The van der Waals surface area contributed by atoms with E-state index in [0.717, 1.165) is 5.69 Å². The van der Waals surface area contributed by atoms with Crippen molar-refractivity contribution in [3.63, 3.8) is 0 Å². The van der Waals surface area contributed by atoms with Gasteiger partial charge in [0, 0.05) is 43.9 Å². The van der Waals surface area contributed by atoms with Crippen LogP contribution < -0.4 is 15.9 Å². The van der Waals surface area contributed by atoms with Crippen LogP contribution >= 0.6 is 0 Å². The quantitative estimate of drug-likeness (QED) is 0.288. The highest BCUT2D eigenvalue weighted by atomic mass is 16.5. The number of carbonyl (C=O) groups is 2. The van der Waals surface area contributed by atoms with Crippen molar-refractivity contribution in [2.24, 2.45) is 11.1 Å². The number of rotatable bonds is 10. The van der Waals surface area contributed by atoms with E-state index in [1.807, 2.05) is 30.3 Å². The maximum atomic E-state index is 13.5. The number of Topliss-reactive ketones (excluding diaryl/α,β-unsaturated/α-hetero) is 1. The number of fused-ring (bicyclic) bond motifs is 1. The van der Waals surface area contributed by atoms with Gasteiger partial charge >= 0.3 is 0 Å². The van der Waals surface area contributed by atoms with Crippen LogP contribution in [0.25, 0.3) is 11.3 Å². The van der Waals surface area contributed by atoms with Crippen molar-refractivity contribution in [2.75, 3.05) is 44.5 Å². The van der Waals surface area contributed by atoms with Crippen molar-refractivity contribution in [1.82, 2.24) is 14.6 Å². The van der Waals surface area contributed by atoms with E-state index < -0.39 is 5.92 Å². The van der Waals surface area contributed by atoms with Crippen molar-refractivity contribution in [2.45, 2.75) is 12.8 Å². The molecule has 1 aliphatic rings. The number of benzene rings is 1. The Bertz CT molecular complexity index is 1260. The summed E-state index contributed by atoms with van der Waals surface area (Å²) in [6.07, 6.45) is 3.37. The smallest absolute Gasteiger partial charge is 0.226 e. The monoisotopic (exact) mass is 492 g/mol. The largest absolute Gasteiger partial charge is 0.489 e. The molecule has 36 heavy (non-hydrogen) atoms. The number of ketones is 1. The SMILES string of the molecule is CN(CCN=O)C(=O)C1CC(=O)c2c(Nc3ccccc3)c(-c3ccncc3OCCO)n(N)c2C1. The van der Waals surface area contributed by atoms with Gasteiger partial charge in [-0.05, 0) is 18.2 Å². The number of nitrogens with one attached hydrogen (secondary N) is 1. The lowest BCUT2D eigenvalue weighted by Crippen LogP contribution is -2.39. The summed E-state index contributed by atoms with van der Waals surface area (Å²) in [7, 11) is 1.59. The number of aliphatic hydroxyl groups is 1. The number of amides is 1. The molecule has 0 saturated heterocycles. The predicted octanol–water partition coefficient (Wildman–Crippen LogP) is 2.35. The van der Waals surface area contributed by atoms with Gasteiger partial charge in [0.1, 0.15) is 12.4 Å². The van der Waals surface area contributed by atoms with Gasteiger partial charge in [-0.25, -0.2) is 0 Å². The molecule has 0 aliphatic heterocycles. The lowest BCUT2D eigenvalue weighted by Gasteiger charge is -2.26. The predicted molar refractivity (Wildman–Crippen MR) is 135 cm³/mol. The van der Waals surface area contributed by atoms with Crippen molar-refractivity contribution in [3.8, 4) is 17.0 Å². The number of hydrogen-bond donors (Lipinski definition) is 3. The zero-order valence-corrected chi connectivity index (χ0v) is 19.9. The minimum atomic E-state index is -0.612. The Kier molecular flexibility index (Phi) is 7.59. The molecule has 4 rings (SSSR count). The van der Waals surface area contributed by atoms with Gasteiger partial charge in [0.05, 0.1) is 47.9 Å². The zero-order valence-electron chi connectivity index (χ0n) is 19.9. The fourth-order valence-electron chi connectivity index (χ4n) is 4.46. The number of nitroso groups, excluding NO2 is 1. The van der Waals surface area contributed by atoms with Crippen LogP contribution in [0.1, 0.15) is 22.5 Å². The third-order valence-electron chi connectivity index (χ3n) is 6.14. The van der Waals surface area contributed by atoms with Crippen LogP contribution in [0.2, 0.25) is 0 Å². The number of pyridine rings is 1. The number of hydrogen-bond acceptors (Lipinski definition) is 9. The number of anilines is 2. The first-order valence-corrected chi connectivity index (χ1v) is 11.6. The summed E-state index contributed by atoms with van der Waals surface area (Å²) in [5.41, 5.74) is 3.28. The molecular formula is C25H28N6O5. The number of likely N-dealkylation sites (N-methyl/N-ethyl adjacent to an activating group) is 1. The van der Waals surface area contributed by atoms with Crippen LogP contribution in [0.5, 0.6) is 5.75 Å². The molecule has 0 radical (unpaired) electrons. The van der Waals surface area contributed by atoms with Gasteiger partial charge in [-0.2, -0.15) is 4.91 Å². The Morgan fingerprint density at radius 3 is 2.81 bits per heavy atom. The average Bonchev–Trinajstić information content (AvgIpc) is 3.17. The molecule has 4 N–H and O–H groups in total. The van der Waals surface area contributed by atoms with Gasteiger partial charge in [0.25, 0.3) is 0 Å². The molecule has 3 aromatic rings. The van der Waals surface area contributed by atoms with E-state index in [0.29, 0.717) is 34.0 Å². The summed E-state index contributed by atoms with van der Waals surface area (Å²) in [6, 6.07) is 11.1. The second-order valence-corrected chi connectivity index (χ2v) is 8.49. The van der Waals surface area contributed by atoms with E-state index >= 15 is 0 Å². The van der Waals surface area contributed by atoms with Gasteiger partial charge in [0.15, 0.2) is 5.78 Å². The Balaban J connectivity index is 1.82. The summed E-state index contributed by atoms with van der Waals surface area (Å²) in [5, 5.41) is 15.4. The van der Waals surface area contributed by atoms with Gasteiger partial charge in [-0.1, -0.05) is 23.4 Å². The second kappa shape index (κ2) is 11.0. The normalized spacial score (nSPS) is 14.7. The number of nitrogen functional groups attached to an aromatic ring is 1. The first-order valence-electron chi connectivity index (χ1n) is 11.6. The van der Waals surface area contributed by atoms with Crippen molar-refractivity contribution < 1.29 is 19.4 Å². The summed E-state index contributed by atoms with van der Waals surface area (Å²) in [6.45, 7) is 0.0369. The summed E-state index contributed by atoms with van der Waals surface area (Å²) < 4.78 is 7.12. The third kappa shape index (κ3) is 4.91. The minimum absolute atomic E-state index is 0.0157. The van der Waals surface area contributed by atoms with Crippen molar-refractivity contribution in [3.05, 3.63) is 65.0 Å². The van der Waals surface area contributed by atoms with E-state index in [1.165, 1.54) is 15.8 Å². The maximum Gasteiger partial charge on any atom is 0.226 e. The molecule has 188 valence electrons. The molecule has 0 fully saturated rings. The Morgan fingerprint density at radius 1 is 1.31 bits per heavy atom. The van der Waals surface area contributed by atoms with E-state index in [4.69, 9.17) is 10.6 Å². The van der Waals surface area contributed by atoms with E-state index in [-0.39, 0.29) is 50.8 Å². The fourth-order valence-corrected chi connectivity index (χ4v) is 4.46. The molecule has 2 heterocycles. The number of ether oxygens (including phenoxy) is 1.